The highest BCUT2D eigenvalue weighted by molar-refractivity contribution is 5.81. The molecule has 4 nitrogen and oxygen atoms in total. The molecule has 0 bridgehead atoms. The highest BCUT2D eigenvalue weighted by Crippen LogP contribution is 2.18. The van der Waals surface area contributed by atoms with Crippen molar-refractivity contribution < 1.29 is 4.79 Å². The second kappa shape index (κ2) is 4.63. The van der Waals surface area contributed by atoms with Crippen LogP contribution in [0.15, 0.2) is 0 Å². The van der Waals surface area contributed by atoms with E-state index in [-0.39, 0.29) is 11.3 Å². The van der Waals surface area contributed by atoms with E-state index >= 15 is 0 Å². The van der Waals surface area contributed by atoms with E-state index in [2.05, 4.69) is 11.0 Å². The van der Waals surface area contributed by atoms with Gasteiger partial charge < -0.3 is 4.90 Å². The molecule has 0 unspecified atom stereocenters. The fourth-order valence-electron chi connectivity index (χ4n) is 1.68. The van der Waals surface area contributed by atoms with Gasteiger partial charge in [-0.3, -0.25) is 9.69 Å². The van der Waals surface area contributed by atoms with Crippen LogP contribution in [0.5, 0.6) is 0 Å². The monoisotopic (exact) mass is 209 g/mol. The summed E-state index contributed by atoms with van der Waals surface area (Å²) in [5, 5.41) is 8.55. The number of rotatable bonds is 1. The van der Waals surface area contributed by atoms with Crippen LogP contribution in [0.3, 0.4) is 0 Å². The predicted molar refractivity (Wildman–Crippen MR) is 58.1 cm³/mol. The molecule has 0 aromatic rings. The molecule has 1 rings (SSSR count). The predicted octanol–water partition coefficient (Wildman–Crippen LogP) is 0.700. The standard InChI is InChI=1S/C11H19N3O/c1-11(2,3)10(15)14-8-6-13(5-4-12)7-9-14/h5-9H2,1-3H3. The Labute approximate surface area is 91.5 Å². The Balaban J connectivity index is 2.45. The van der Waals surface area contributed by atoms with Gasteiger partial charge in [0.05, 0.1) is 12.6 Å². The average molecular weight is 209 g/mol. The first-order valence-electron chi connectivity index (χ1n) is 5.34. The van der Waals surface area contributed by atoms with Gasteiger partial charge in [0.2, 0.25) is 5.91 Å². The van der Waals surface area contributed by atoms with E-state index in [0.717, 1.165) is 26.2 Å². The smallest absolute Gasteiger partial charge is 0.228 e. The maximum absolute atomic E-state index is 11.9. The highest BCUT2D eigenvalue weighted by atomic mass is 16.2. The van der Waals surface area contributed by atoms with Crippen LogP contribution >= 0.6 is 0 Å². The van der Waals surface area contributed by atoms with Crippen LogP contribution in [-0.4, -0.2) is 48.4 Å². The second-order valence-corrected chi connectivity index (χ2v) is 4.98. The molecule has 15 heavy (non-hydrogen) atoms. The number of nitriles is 1. The summed E-state index contributed by atoms with van der Waals surface area (Å²) in [5.41, 5.74) is -0.294. The van der Waals surface area contributed by atoms with Gasteiger partial charge in [-0.05, 0) is 0 Å². The van der Waals surface area contributed by atoms with Crippen LogP contribution < -0.4 is 0 Å². The summed E-state index contributed by atoms with van der Waals surface area (Å²) in [7, 11) is 0. The molecular weight excluding hydrogens is 190 g/mol. The van der Waals surface area contributed by atoms with E-state index in [4.69, 9.17) is 5.26 Å². The van der Waals surface area contributed by atoms with Crippen LogP contribution in [0, 0.1) is 16.7 Å². The van der Waals surface area contributed by atoms with Gasteiger partial charge in [0.1, 0.15) is 0 Å². The SMILES string of the molecule is CC(C)(C)C(=O)N1CCN(CC#N)CC1. The topological polar surface area (TPSA) is 47.3 Å². The van der Waals surface area contributed by atoms with E-state index in [0.29, 0.717) is 6.54 Å². The lowest BCUT2D eigenvalue weighted by Gasteiger charge is -2.36. The van der Waals surface area contributed by atoms with Gasteiger partial charge in [0, 0.05) is 31.6 Å². The first-order valence-corrected chi connectivity index (χ1v) is 5.34. The molecule has 1 heterocycles. The minimum absolute atomic E-state index is 0.208. The van der Waals surface area contributed by atoms with Crippen LogP contribution in [-0.2, 0) is 4.79 Å². The summed E-state index contributed by atoms with van der Waals surface area (Å²) >= 11 is 0. The Bertz CT molecular complexity index is 267. The molecule has 0 aromatic carbocycles. The van der Waals surface area contributed by atoms with Crippen molar-refractivity contribution >= 4 is 5.91 Å². The zero-order chi connectivity index (χ0) is 11.5. The Kier molecular flexibility index (Phi) is 3.70. The Morgan fingerprint density at radius 1 is 1.27 bits per heavy atom. The van der Waals surface area contributed by atoms with E-state index in [9.17, 15) is 4.79 Å². The lowest BCUT2D eigenvalue weighted by atomic mass is 9.94. The number of amides is 1. The minimum atomic E-state index is -0.294. The molecule has 0 aliphatic carbocycles. The van der Waals surface area contributed by atoms with Crippen molar-refractivity contribution in [1.29, 1.82) is 5.26 Å². The van der Waals surface area contributed by atoms with Gasteiger partial charge in [-0.2, -0.15) is 5.26 Å². The summed E-state index contributed by atoms with van der Waals surface area (Å²) in [4.78, 5) is 15.9. The van der Waals surface area contributed by atoms with Gasteiger partial charge in [0.25, 0.3) is 0 Å². The van der Waals surface area contributed by atoms with Crippen LogP contribution in [0.25, 0.3) is 0 Å². The minimum Gasteiger partial charge on any atom is -0.340 e. The fraction of sp³-hybridized carbons (Fsp3) is 0.818. The van der Waals surface area contributed by atoms with Crippen LogP contribution in [0.4, 0.5) is 0 Å². The number of hydrogen-bond acceptors (Lipinski definition) is 3. The zero-order valence-electron chi connectivity index (χ0n) is 9.79. The molecule has 0 N–H and O–H groups in total. The third kappa shape index (κ3) is 3.21. The highest BCUT2D eigenvalue weighted by Gasteiger charge is 2.29. The maximum Gasteiger partial charge on any atom is 0.228 e. The first kappa shape index (κ1) is 12.0. The average Bonchev–Trinajstić information content (AvgIpc) is 2.17. The van der Waals surface area contributed by atoms with Crippen LogP contribution in [0.1, 0.15) is 20.8 Å². The number of nitrogens with zero attached hydrogens (tertiary/aromatic N) is 3. The lowest BCUT2D eigenvalue weighted by molar-refractivity contribution is -0.141. The van der Waals surface area contributed by atoms with E-state index < -0.39 is 0 Å². The molecule has 84 valence electrons. The zero-order valence-corrected chi connectivity index (χ0v) is 9.79. The van der Waals surface area contributed by atoms with Gasteiger partial charge in [-0.15, -0.1) is 0 Å². The van der Waals surface area contributed by atoms with Crippen molar-refractivity contribution in [1.82, 2.24) is 9.80 Å². The van der Waals surface area contributed by atoms with Crippen molar-refractivity contribution in [3.8, 4) is 6.07 Å². The number of carbonyl (C=O) groups excluding carboxylic acids is 1. The first-order chi connectivity index (χ1) is 6.95. The van der Waals surface area contributed by atoms with Crippen molar-refractivity contribution in [2.75, 3.05) is 32.7 Å². The molecule has 0 saturated carbocycles. The van der Waals surface area contributed by atoms with Gasteiger partial charge in [-0.1, -0.05) is 20.8 Å². The Morgan fingerprint density at radius 2 is 1.80 bits per heavy atom. The van der Waals surface area contributed by atoms with Crippen molar-refractivity contribution in [3.05, 3.63) is 0 Å². The van der Waals surface area contributed by atoms with Crippen molar-refractivity contribution in [2.24, 2.45) is 5.41 Å². The number of piperazine rings is 1. The molecule has 0 radical (unpaired) electrons. The molecule has 1 aliphatic rings. The third-order valence-electron chi connectivity index (χ3n) is 2.60. The molecule has 1 fully saturated rings. The summed E-state index contributed by atoms with van der Waals surface area (Å²) in [6.45, 7) is 9.42. The summed E-state index contributed by atoms with van der Waals surface area (Å²) in [6.07, 6.45) is 0. The van der Waals surface area contributed by atoms with Crippen molar-refractivity contribution in [2.45, 2.75) is 20.8 Å². The summed E-state index contributed by atoms with van der Waals surface area (Å²) in [5.74, 6) is 0.208. The third-order valence-corrected chi connectivity index (χ3v) is 2.60. The molecule has 0 aromatic heterocycles. The number of carbonyl (C=O) groups is 1. The molecule has 1 amide bonds. The van der Waals surface area contributed by atoms with Crippen molar-refractivity contribution in [3.63, 3.8) is 0 Å². The fourth-order valence-corrected chi connectivity index (χ4v) is 1.68. The van der Waals surface area contributed by atoms with E-state index in [1.807, 2.05) is 25.7 Å². The molecule has 0 spiro atoms. The largest absolute Gasteiger partial charge is 0.340 e. The molecule has 1 saturated heterocycles. The van der Waals surface area contributed by atoms with Gasteiger partial charge in [0.15, 0.2) is 0 Å². The van der Waals surface area contributed by atoms with Crippen LogP contribution in [0.2, 0.25) is 0 Å². The molecule has 1 aliphatic heterocycles. The molecule has 4 heteroatoms. The lowest BCUT2D eigenvalue weighted by Crippen LogP contribution is -2.51. The van der Waals surface area contributed by atoms with Gasteiger partial charge in [-0.25, -0.2) is 0 Å². The molecular formula is C11H19N3O. The van der Waals surface area contributed by atoms with Gasteiger partial charge >= 0.3 is 0 Å². The summed E-state index contributed by atoms with van der Waals surface area (Å²) in [6, 6.07) is 2.13. The quantitative estimate of drug-likeness (QED) is 0.597. The Morgan fingerprint density at radius 3 is 2.20 bits per heavy atom. The summed E-state index contributed by atoms with van der Waals surface area (Å²) < 4.78 is 0. The maximum atomic E-state index is 11.9. The number of hydrogen-bond donors (Lipinski definition) is 0. The van der Waals surface area contributed by atoms with E-state index in [1.54, 1.807) is 0 Å². The second-order valence-electron chi connectivity index (χ2n) is 4.98. The Hall–Kier alpha value is -1.08. The normalized spacial score (nSPS) is 18.7. The van der Waals surface area contributed by atoms with E-state index in [1.165, 1.54) is 0 Å². The molecule has 0 atom stereocenters.